The molecule has 0 saturated carbocycles. The molecule has 0 fully saturated rings. The molecule has 3 N–H and O–H groups in total. The van der Waals surface area contributed by atoms with E-state index in [9.17, 15) is 19.7 Å². The lowest BCUT2D eigenvalue weighted by molar-refractivity contribution is -0.385. The number of thioether (sulfide) groups is 1. The van der Waals surface area contributed by atoms with Gasteiger partial charge in [-0.15, -0.1) is 0 Å². The number of carbonyl (C=O) groups excluding carboxylic acids is 2. The molecule has 4 rings (SSSR count). The number of nitrogens with one attached hydrogen (secondary N) is 1. The second kappa shape index (κ2) is 9.13. The molecule has 0 radical (unpaired) electrons. The first-order valence-corrected chi connectivity index (χ1v) is 10.6. The predicted octanol–water partition coefficient (Wildman–Crippen LogP) is 4.29. The van der Waals surface area contributed by atoms with E-state index in [2.05, 4.69) is 9.97 Å². The smallest absolute Gasteiger partial charge is 0.275 e. The minimum atomic E-state index is -1.03. The fourth-order valence-electron chi connectivity index (χ4n) is 3.36. The Balaban J connectivity index is 1.84. The van der Waals surface area contributed by atoms with Crippen molar-refractivity contribution in [1.29, 1.82) is 0 Å². The third kappa shape index (κ3) is 4.55. The Bertz CT molecular complexity index is 1350. The van der Waals surface area contributed by atoms with Crippen LogP contribution in [0.5, 0.6) is 5.75 Å². The molecule has 1 atom stereocenters. The van der Waals surface area contributed by atoms with E-state index >= 15 is 0 Å². The van der Waals surface area contributed by atoms with Gasteiger partial charge in [-0.05, 0) is 36.4 Å². The number of benzene rings is 3. The summed E-state index contributed by atoms with van der Waals surface area (Å²) in [5, 5.41) is 11.2. The number of fused-ring (bicyclic) bond motifs is 1. The van der Waals surface area contributed by atoms with Crippen molar-refractivity contribution >= 4 is 40.2 Å². The van der Waals surface area contributed by atoms with Gasteiger partial charge >= 0.3 is 0 Å². The molecule has 4 aromatic rings. The first-order chi connectivity index (χ1) is 15.9. The molecule has 3 aromatic carbocycles. The van der Waals surface area contributed by atoms with Gasteiger partial charge in [0.1, 0.15) is 11.0 Å². The summed E-state index contributed by atoms with van der Waals surface area (Å²) < 4.78 is 5.22. The monoisotopic (exact) mass is 462 g/mol. The molecule has 1 amide bonds. The minimum absolute atomic E-state index is 0.0215. The number of nitrogens with two attached hydrogens (primary N) is 1. The molecule has 0 spiro atoms. The van der Waals surface area contributed by atoms with Crippen LogP contribution in [0.1, 0.15) is 31.5 Å². The number of amides is 1. The summed E-state index contributed by atoms with van der Waals surface area (Å²) in [6.07, 6.45) is 0. The minimum Gasteiger partial charge on any atom is -0.497 e. The highest BCUT2D eigenvalue weighted by Gasteiger charge is 2.32. The highest BCUT2D eigenvalue weighted by atomic mass is 32.2. The van der Waals surface area contributed by atoms with Gasteiger partial charge in [-0.1, -0.05) is 36.0 Å². The number of imidazole rings is 1. The highest BCUT2D eigenvalue weighted by molar-refractivity contribution is 8.00. The fraction of sp³-hybridized carbons (Fsp3) is 0.0870. The van der Waals surface area contributed by atoms with Crippen LogP contribution in [0.25, 0.3) is 11.0 Å². The van der Waals surface area contributed by atoms with Crippen molar-refractivity contribution in [2.24, 2.45) is 5.73 Å². The van der Waals surface area contributed by atoms with Crippen molar-refractivity contribution in [3.8, 4) is 5.75 Å². The van der Waals surface area contributed by atoms with Crippen LogP contribution >= 0.6 is 11.8 Å². The molecule has 33 heavy (non-hydrogen) atoms. The Kier molecular flexibility index (Phi) is 6.09. The molecular weight excluding hydrogens is 444 g/mol. The molecule has 1 aromatic heterocycles. The summed E-state index contributed by atoms with van der Waals surface area (Å²) in [4.78, 5) is 44.0. The van der Waals surface area contributed by atoms with Gasteiger partial charge in [-0.3, -0.25) is 19.7 Å². The Hall–Kier alpha value is -4.18. The molecule has 0 aliphatic heterocycles. The fourth-order valence-corrected chi connectivity index (χ4v) is 4.47. The number of aromatic nitrogens is 2. The maximum atomic E-state index is 13.6. The maximum absolute atomic E-state index is 13.6. The number of methoxy groups -OCH3 is 1. The van der Waals surface area contributed by atoms with E-state index in [0.717, 1.165) is 23.3 Å². The van der Waals surface area contributed by atoms with Crippen LogP contribution in [0.15, 0.2) is 71.9 Å². The summed E-state index contributed by atoms with van der Waals surface area (Å²) in [5.74, 6) is -0.702. The number of para-hydroxylation sites is 2. The van der Waals surface area contributed by atoms with Gasteiger partial charge < -0.3 is 15.5 Å². The number of ether oxygens (including phenoxy) is 1. The van der Waals surface area contributed by atoms with Crippen molar-refractivity contribution in [2.45, 2.75) is 10.4 Å². The molecule has 0 saturated heterocycles. The lowest BCUT2D eigenvalue weighted by atomic mass is 9.99. The molecular formula is C23H18N4O5S. The lowest BCUT2D eigenvalue weighted by Gasteiger charge is -2.16. The molecule has 10 heteroatoms. The van der Waals surface area contributed by atoms with Gasteiger partial charge in [-0.25, -0.2) is 4.98 Å². The Morgan fingerprint density at radius 2 is 1.88 bits per heavy atom. The number of ketones is 1. The topological polar surface area (TPSA) is 141 Å². The van der Waals surface area contributed by atoms with E-state index in [-0.39, 0.29) is 22.6 Å². The van der Waals surface area contributed by atoms with Crippen LogP contribution in [0.3, 0.4) is 0 Å². The SMILES string of the molecule is COc1cccc(C(=O)C(Sc2nc3ccccc3[nH]2)c2ccc(C(N)=O)cc2[N+](=O)[O-])c1. The molecule has 1 unspecified atom stereocenters. The third-order valence-corrected chi connectivity index (χ3v) is 6.10. The van der Waals surface area contributed by atoms with Crippen LogP contribution in [0.4, 0.5) is 5.69 Å². The van der Waals surface area contributed by atoms with Gasteiger partial charge in [-0.2, -0.15) is 0 Å². The van der Waals surface area contributed by atoms with E-state index < -0.39 is 16.1 Å². The molecule has 0 aliphatic carbocycles. The van der Waals surface area contributed by atoms with Gasteiger partial charge in [0.25, 0.3) is 5.69 Å². The van der Waals surface area contributed by atoms with Crippen molar-refractivity contribution < 1.29 is 19.2 Å². The number of nitro benzene ring substituents is 1. The summed E-state index contributed by atoms with van der Waals surface area (Å²) in [5.41, 5.74) is 6.81. The summed E-state index contributed by atoms with van der Waals surface area (Å²) in [6.45, 7) is 0. The maximum Gasteiger partial charge on any atom is 0.275 e. The van der Waals surface area contributed by atoms with E-state index in [0.29, 0.717) is 22.0 Å². The standard InChI is InChI=1S/C23H18N4O5S/c1-32-15-6-4-5-13(11-15)20(28)21(33-23-25-17-7-2-3-8-18(17)26-23)16-10-9-14(22(24)29)12-19(16)27(30)31/h2-12,21H,1H3,(H2,24,29)(H,25,26). The van der Waals surface area contributed by atoms with E-state index in [1.54, 1.807) is 24.3 Å². The van der Waals surface area contributed by atoms with Crippen molar-refractivity contribution in [2.75, 3.05) is 7.11 Å². The quantitative estimate of drug-likeness (QED) is 0.172. The van der Waals surface area contributed by atoms with E-state index in [1.807, 2.05) is 24.3 Å². The Labute approximate surface area is 192 Å². The molecule has 1 heterocycles. The van der Waals surface area contributed by atoms with E-state index in [1.165, 1.54) is 19.2 Å². The lowest BCUT2D eigenvalue weighted by Crippen LogP contribution is -2.15. The van der Waals surface area contributed by atoms with Gasteiger partial charge in [0.15, 0.2) is 10.9 Å². The van der Waals surface area contributed by atoms with Crippen molar-refractivity contribution in [1.82, 2.24) is 9.97 Å². The second-order valence-electron chi connectivity index (χ2n) is 7.05. The number of Topliss-reactive ketones (excluding diaryl/α,β-unsaturated/α-hetero) is 1. The number of aromatic amines is 1. The van der Waals surface area contributed by atoms with Crippen LogP contribution in [0, 0.1) is 10.1 Å². The number of H-pyrrole nitrogens is 1. The van der Waals surface area contributed by atoms with Crippen molar-refractivity contribution in [3.05, 3.63) is 93.5 Å². The van der Waals surface area contributed by atoms with Crippen LogP contribution in [-0.2, 0) is 0 Å². The van der Waals surface area contributed by atoms with E-state index in [4.69, 9.17) is 10.5 Å². The number of primary amides is 1. The summed E-state index contributed by atoms with van der Waals surface area (Å²) in [6, 6.07) is 17.7. The average molecular weight is 462 g/mol. The van der Waals surface area contributed by atoms with Crippen LogP contribution in [0.2, 0.25) is 0 Å². The third-order valence-electron chi connectivity index (χ3n) is 4.98. The molecule has 0 bridgehead atoms. The Morgan fingerprint density at radius 3 is 2.58 bits per heavy atom. The Morgan fingerprint density at radius 1 is 1.09 bits per heavy atom. The number of hydrogen-bond acceptors (Lipinski definition) is 7. The molecule has 9 nitrogen and oxygen atoms in total. The number of hydrogen-bond donors (Lipinski definition) is 2. The predicted molar refractivity (Wildman–Crippen MR) is 124 cm³/mol. The second-order valence-corrected chi connectivity index (χ2v) is 8.14. The first-order valence-electron chi connectivity index (χ1n) is 9.75. The normalized spacial score (nSPS) is 11.8. The zero-order valence-corrected chi connectivity index (χ0v) is 18.2. The summed E-state index contributed by atoms with van der Waals surface area (Å²) in [7, 11) is 1.48. The number of nitro groups is 1. The van der Waals surface area contributed by atoms with Gasteiger partial charge in [0.2, 0.25) is 5.91 Å². The summed E-state index contributed by atoms with van der Waals surface area (Å²) >= 11 is 1.05. The zero-order chi connectivity index (χ0) is 23.5. The van der Waals surface area contributed by atoms with Crippen LogP contribution in [-0.4, -0.2) is 33.7 Å². The average Bonchev–Trinajstić information content (AvgIpc) is 3.24. The number of carbonyl (C=O) groups is 2. The van der Waals surface area contributed by atoms with Gasteiger partial charge in [0, 0.05) is 17.2 Å². The zero-order valence-electron chi connectivity index (χ0n) is 17.3. The highest BCUT2D eigenvalue weighted by Crippen LogP contribution is 2.41. The van der Waals surface area contributed by atoms with Crippen molar-refractivity contribution in [3.63, 3.8) is 0 Å². The largest absolute Gasteiger partial charge is 0.497 e. The molecule has 166 valence electrons. The first kappa shape index (κ1) is 22.0. The number of nitrogens with zero attached hydrogens (tertiary/aromatic N) is 2. The number of rotatable bonds is 8. The molecule has 0 aliphatic rings. The van der Waals surface area contributed by atoms with Crippen LogP contribution < -0.4 is 10.5 Å². The van der Waals surface area contributed by atoms with Gasteiger partial charge in [0.05, 0.1) is 28.6 Å².